The van der Waals surface area contributed by atoms with Gasteiger partial charge in [0, 0.05) is 37.4 Å². The zero-order chi connectivity index (χ0) is 19.1. The number of benzene rings is 2. The molecule has 0 saturated carbocycles. The fraction of sp³-hybridized carbons (Fsp3) is 0.167. The second-order valence-corrected chi connectivity index (χ2v) is 7.20. The molecule has 0 aliphatic carbocycles. The van der Waals surface area contributed by atoms with E-state index in [4.69, 9.17) is 5.53 Å². The van der Waals surface area contributed by atoms with Crippen LogP contribution in [0.4, 0.5) is 5.69 Å². The molecule has 0 spiro atoms. The Morgan fingerprint density at radius 2 is 1.73 bits per heavy atom. The van der Waals surface area contributed by atoms with Crippen LogP contribution < -0.4 is 0 Å². The number of carbonyl (C=O) groups is 1. The third kappa shape index (κ3) is 4.71. The van der Waals surface area contributed by atoms with Crippen molar-refractivity contribution in [2.45, 2.75) is 12.3 Å². The molecule has 2 aromatic carbocycles. The lowest BCUT2D eigenvalue weighted by molar-refractivity contribution is 0.0971. The fourth-order valence-electron chi connectivity index (χ4n) is 2.53. The molecule has 1 unspecified atom stereocenters. The Morgan fingerprint density at radius 1 is 1.12 bits per heavy atom. The van der Waals surface area contributed by atoms with E-state index in [9.17, 15) is 15.3 Å². The van der Waals surface area contributed by atoms with Crippen LogP contribution >= 0.6 is 31.9 Å². The van der Waals surface area contributed by atoms with Crippen molar-refractivity contribution in [3.8, 4) is 12.1 Å². The summed E-state index contributed by atoms with van der Waals surface area (Å²) in [5.41, 5.74) is 10.0. The van der Waals surface area contributed by atoms with Gasteiger partial charge in [-0.2, -0.15) is 10.5 Å². The van der Waals surface area contributed by atoms with E-state index >= 15 is 0 Å². The summed E-state index contributed by atoms with van der Waals surface area (Å²) in [5.74, 6) is -1.99. The van der Waals surface area contributed by atoms with E-state index in [2.05, 4.69) is 41.9 Å². The zero-order valence-electron chi connectivity index (χ0n) is 13.3. The molecule has 0 fully saturated rings. The number of halogens is 2. The number of nitriles is 2. The van der Waals surface area contributed by atoms with Gasteiger partial charge < -0.3 is 0 Å². The van der Waals surface area contributed by atoms with Crippen LogP contribution in [0.15, 0.2) is 56.5 Å². The maximum absolute atomic E-state index is 12.7. The second-order valence-electron chi connectivity index (χ2n) is 5.37. The van der Waals surface area contributed by atoms with Gasteiger partial charge in [-0.1, -0.05) is 55.2 Å². The summed E-state index contributed by atoms with van der Waals surface area (Å²) >= 11 is 6.65. The van der Waals surface area contributed by atoms with E-state index in [1.165, 1.54) is 0 Å². The summed E-state index contributed by atoms with van der Waals surface area (Å²) in [6.07, 6.45) is -0.0577. The number of hydrogen-bond donors (Lipinski definition) is 0. The van der Waals surface area contributed by atoms with Crippen molar-refractivity contribution in [1.29, 1.82) is 10.5 Å². The molecular formula is C18H11Br2N5O. The molecule has 0 bridgehead atoms. The summed E-state index contributed by atoms with van der Waals surface area (Å²) in [6, 6.07) is 15.7. The molecule has 26 heavy (non-hydrogen) atoms. The molecule has 0 amide bonds. The molecule has 8 heteroatoms. The van der Waals surface area contributed by atoms with Crippen LogP contribution in [0.1, 0.15) is 28.3 Å². The lowest BCUT2D eigenvalue weighted by Crippen LogP contribution is -2.15. The van der Waals surface area contributed by atoms with E-state index in [1.807, 2.05) is 12.1 Å². The predicted octanol–water partition coefficient (Wildman–Crippen LogP) is 6.17. The molecule has 6 nitrogen and oxygen atoms in total. The molecule has 128 valence electrons. The minimum Gasteiger partial charge on any atom is -0.294 e. The first-order chi connectivity index (χ1) is 12.5. The van der Waals surface area contributed by atoms with Gasteiger partial charge in [0.15, 0.2) is 5.78 Å². The van der Waals surface area contributed by atoms with Gasteiger partial charge in [-0.15, -0.1) is 0 Å². The van der Waals surface area contributed by atoms with E-state index in [0.29, 0.717) is 21.3 Å². The SMILES string of the molecule is N#CC(C#N)C(CC(=O)c1ccc(Br)cc1)c1cc(Br)ccc1N=[N+]=[N-]. The van der Waals surface area contributed by atoms with Crippen LogP contribution in [-0.2, 0) is 0 Å². The van der Waals surface area contributed by atoms with Gasteiger partial charge in [0.2, 0.25) is 0 Å². The van der Waals surface area contributed by atoms with Crippen LogP contribution in [0.3, 0.4) is 0 Å². The molecule has 2 aromatic rings. The van der Waals surface area contributed by atoms with Crippen LogP contribution in [0.25, 0.3) is 10.4 Å². The Balaban J connectivity index is 2.48. The van der Waals surface area contributed by atoms with Gasteiger partial charge in [-0.3, -0.25) is 4.79 Å². The Morgan fingerprint density at radius 3 is 2.31 bits per heavy atom. The van der Waals surface area contributed by atoms with Gasteiger partial charge in [-0.05, 0) is 35.4 Å². The van der Waals surface area contributed by atoms with Crippen molar-refractivity contribution in [2.75, 3.05) is 0 Å². The number of azide groups is 1. The highest BCUT2D eigenvalue weighted by molar-refractivity contribution is 9.10. The van der Waals surface area contributed by atoms with Gasteiger partial charge in [0.25, 0.3) is 0 Å². The molecule has 0 radical (unpaired) electrons. The first kappa shape index (κ1) is 19.7. The quantitative estimate of drug-likeness (QED) is 0.216. The second kappa shape index (κ2) is 9.17. The van der Waals surface area contributed by atoms with Crippen LogP contribution in [0.5, 0.6) is 0 Å². The highest BCUT2D eigenvalue weighted by Crippen LogP contribution is 2.37. The zero-order valence-corrected chi connectivity index (χ0v) is 16.5. The average Bonchev–Trinajstić information content (AvgIpc) is 2.64. The molecule has 0 N–H and O–H groups in total. The number of rotatable bonds is 6. The van der Waals surface area contributed by atoms with Crippen molar-refractivity contribution in [2.24, 2.45) is 11.0 Å². The minimum absolute atomic E-state index is 0.0577. The third-order valence-corrected chi connectivity index (χ3v) is 4.82. The number of carbonyl (C=O) groups excluding carboxylic acids is 1. The predicted molar refractivity (Wildman–Crippen MR) is 103 cm³/mol. The molecular weight excluding hydrogens is 462 g/mol. The maximum Gasteiger partial charge on any atom is 0.163 e. The van der Waals surface area contributed by atoms with E-state index in [0.717, 1.165) is 4.47 Å². The topological polar surface area (TPSA) is 113 Å². The molecule has 0 heterocycles. The normalized spacial score (nSPS) is 11.1. The lowest BCUT2D eigenvalue weighted by Gasteiger charge is -2.19. The highest BCUT2D eigenvalue weighted by Gasteiger charge is 2.28. The number of hydrogen-bond acceptors (Lipinski definition) is 4. The van der Waals surface area contributed by atoms with Crippen LogP contribution in [0, 0.1) is 28.6 Å². The van der Waals surface area contributed by atoms with Gasteiger partial charge in [-0.25, -0.2) is 0 Å². The Hall–Kier alpha value is -2.64. The van der Waals surface area contributed by atoms with Crippen molar-refractivity contribution in [3.63, 3.8) is 0 Å². The number of Topliss-reactive ketones (excluding diaryl/α,β-unsaturated/α-hetero) is 1. The number of nitrogens with zero attached hydrogens (tertiary/aromatic N) is 5. The van der Waals surface area contributed by atoms with E-state index < -0.39 is 11.8 Å². The molecule has 0 aliphatic rings. The summed E-state index contributed by atoms with van der Waals surface area (Å²) in [4.78, 5) is 15.5. The summed E-state index contributed by atoms with van der Waals surface area (Å²) < 4.78 is 1.54. The molecule has 1 atom stereocenters. The van der Waals surface area contributed by atoms with E-state index in [-0.39, 0.29) is 12.2 Å². The largest absolute Gasteiger partial charge is 0.294 e. The minimum atomic E-state index is -1.06. The summed E-state index contributed by atoms with van der Waals surface area (Å²) in [7, 11) is 0. The molecule has 0 aliphatic heterocycles. The van der Waals surface area contributed by atoms with Gasteiger partial charge >= 0.3 is 0 Å². The number of ketones is 1. The Kier molecular flexibility index (Phi) is 6.94. The standard InChI is InChI=1S/C18H11Br2N5O/c19-13-3-1-11(2-4-13)18(26)8-15(12(9-21)10-22)16-7-14(20)5-6-17(16)24-25-23/h1-7,12,15H,8H2. The molecule has 0 aromatic heterocycles. The van der Waals surface area contributed by atoms with Crippen LogP contribution in [-0.4, -0.2) is 5.78 Å². The molecule has 0 saturated heterocycles. The summed E-state index contributed by atoms with van der Waals surface area (Å²) in [6.45, 7) is 0. The maximum atomic E-state index is 12.7. The fourth-order valence-corrected chi connectivity index (χ4v) is 3.17. The first-order valence-corrected chi connectivity index (χ1v) is 9.01. The van der Waals surface area contributed by atoms with Crippen molar-refractivity contribution < 1.29 is 4.79 Å². The van der Waals surface area contributed by atoms with Crippen molar-refractivity contribution in [3.05, 3.63) is 73.0 Å². The van der Waals surface area contributed by atoms with Gasteiger partial charge in [0.1, 0.15) is 5.92 Å². The lowest BCUT2D eigenvalue weighted by atomic mass is 9.82. The smallest absolute Gasteiger partial charge is 0.163 e. The average molecular weight is 473 g/mol. The van der Waals surface area contributed by atoms with Crippen LogP contribution in [0.2, 0.25) is 0 Å². The van der Waals surface area contributed by atoms with Gasteiger partial charge in [0.05, 0.1) is 12.1 Å². The Labute approximate surface area is 166 Å². The molecule has 2 rings (SSSR count). The Bertz CT molecular complexity index is 939. The van der Waals surface area contributed by atoms with E-state index in [1.54, 1.807) is 42.5 Å². The van der Waals surface area contributed by atoms with Crippen molar-refractivity contribution >= 4 is 43.3 Å². The third-order valence-electron chi connectivity index (χ3n) is 3.79. The monoisotopic (exact) mass is 471 g/mol. The summed E-state index contributed by atoms with van der Waals surface area (Å²) in [5, 5.41) is 22.4. The first-order valence-electron chi connectivity index (χ1n) is 7.42. The highest BCUT2D eigenvalue weighted by atomic mass is 79.9. The van der Waals surface area contributed by atoms with Crippen molar-refractivity contribution in [1.82, 2.24) is 0 Å².